The second-order valence-corrected chi connectivity index (χ2v) is 11.9. The Kier molecular flexibility index (Phi) is 7.04. The fourth-order valence-electron chi connectivity index (χ4n) is 7.48. The molecule has 3 aliphatic heterocycles. The second-order valence-electron chi connectivity index (χ2n) is 11.9. The Morgan fingerprint density at radius 3 is 2.57 bits per heavy atom. The number of aromatic nitrogens is 3. The number of piperidine rings is 1. The Bertz CT molecular complexity index is 1760. The van der Waals surface area contributed by atoms with Gasteiger partial charge in [0.2, 0.25) is 5.78 Å². The molecule has 0 N–H and O–H groups in total. The number of methoxy groups -OCH3 is 2. The van der Waals surface area contributed by atoms with Gasteiger partial charge in [0.15, 0.2) is 0 Å². The molecule has 0 radical (unpaired) electrons. The van der Waals surface area contributed by atoms with Crippen molar-refractivity contribution in [2.75, 3.05) is 33.9 Å². The molecular formula is C34H37FN6O3. The number of likely N-dealkylation sites (tertiary alicyclic amines) is 1. The lowest BCUT2D eigenvalue weighted by atomic mass is 9.82. The highest BCUT2D eigenvalue weighted by Crippen LogP contribution is 2.49. The fraction of sp³-hybridized carbons (Fsp3) is 0.382. The van der Waals surface area contributed by atoms with Gasteiger partial charge in [0.05, 0.1) is 37.7 Å². The van der Waals surface area contributed by atoms with Crippen LogP contribution in [0, 0.1) is 5.82 Å². The van der Waals surface area contributed by atoms with Gasteiger partial charge in [-0.1, -0.05) is 13.0 Å². The van der Waals surface area contributed by atoms with Crippen LogP contribution in [-0.2, 0) is 13.1 Å². The van der Waals surface area contributed by atoms with E-state index in [2.05, 4.69) is 34.7 Å². The van der Waals surface area contributed by atoms with Crippen LogP contribution in [0.5, 0.6) is 11.5 Å². The Balaban J connectivity index is 1.20. The molecular weight excluding hydrogens is 559 g/mol. The lowest BCUT2D eigenvalue weighted by Crippen LogP contribution is -2.53. The van der Waals surface area contributed by atoms with Gasteiger partial charge in [0, 0.05) is 67.4 Å². The molecule has 0 unspecified atom stereocenters. The number of rotatable bonds is 6. The number of likely N-dealkylation sites (N-methyl/N-ethyl adjacent to an activating group) is 1. The molecule has 1 spiro atoms. The first-order chi connectivity index (χ1) is 21.4. The van der Waals surface area contributed by atoms with E-state index in [1.165, 1.54) is 12.1 Å². The van der Waals surface area contributed by atoms with Crippen molar-refractivity contribution in [1.82, 2.24) is 29.1 Å². The molecule has 9 nitrogen and oxygen atoms in total. The first-order valence-corrected chi connectivity index (χ1v) is 15.2. The molecule has 10 heteroatoms. The van der Waals surface area contributed by atoms with Crippen molar-refractivity contribution in [3.05, 3.63) is 89.3 Å². The average Bonchev–Trinajstić information content (AvgIpc) is 3.43. The van der Waals surface area contributed by atoms with E-state index in [-0.39, 0.29) is 23.3 Å². The standard InChI is InChI=1S/C34H37FN6O3/c1-5-41-33(42)40-20-24-18-26(43-3)19-28(44-4)30(24)22(2)17-29(40)34(41)11-15-38(16-12-34)21-27-31(23-7-9-25(35)10-8-23)37-32-36-13-6-14-39(27)32/h6-10,13-14,17-19,22H,5,11-12,15-16,20-21H2,1-4H3/t22-/m0/s1. The molecule has 3 aliphatic rings. The Labute approximate surface area is 256 Å². The zero-order valence-electron chi connectivity index (χ0n) is 25.6. The van der Waals surface area contributed by atoms with Crippen LogP contribution in [0.25, 0.3) is 17.0 Å². The van der Waals surface area contributed by atoms with E-state index in [9.17, 15) is 9.18 Å². The number of nitrogens with zero attached hydrogens (tertiary/aromatic N) is 6. The van der Waals surface area contributed by atoms with E-state index in [0.717, 1.165) is 71.2 Å². The summed E-state index contributed by atoms with van der Waals surface area (Å²) in [7, 11) is 3.34. The summed E-state index contributed by atoms with van der Waals surface area (Å²) in [5.41, 5.74) is 5.56. The molecule has 7 rings (SSSR count). The first-order valence-electron chi connectivity index (χ1n) is 15.2. The second kappa shape index (κ2) is 10.9. The van der Waals surface area contributed by atoms with Crippen molar-refractivity contribution in [2.24, 2.45) is 0 Å². The van der Waals surface area contributed by atoms with Gasteiger partial charge in [-0.15, -0.1) is 0 Å². The van der Waals surface area contributed by atoms with Crippen LogP contribution < -0.4 is 9.47 Å². The van der Waals surface area contributed by atoms with Crippen molar-refractivity contribution in [3.63, 3.8) is 0 Å². The van der Waals surface area contributed by atoms with Crippen molar-refractivity contribution in [3.8, 4) is 22.8 Å². The van der Waals surface area contributed by atoms with Crippen LogP contribution in [0.15, 0.2) is 66.6 Å². The number of carbonyl (C=O) groups excluding carboxylic acids is 1. The molecule has 44 heavy (non-hydrogen) atoms. The number of ether oxygens (including phenoxy) is 2. The summed E-state index contributed by atoms with van der Waals surface area (Å²) in [6.07, 6.45) is 7.64. The summed E-state index contributed by atoms with van der Waals surface area (Å²) < 4.78 is 27.1. The van der Waals surface area contributed by atoms with E-state index < -0.39 is 0 Å². The van der Waals surface area contributed by atoms with Gasteiger partial charge in [-0.05, 0) is 61.7 Å². The molecule has 2 aromatic carbocycles. The first kappa shape index (κ1) is 28.3. The number of allylic oxidation sites excluding steroid dienone is 1. The maximum absolute atomic E-state index is 14.0. The van der Waals surface area contributed by atoms with Crippen LogP contribution >= 0.6 is 0 Å². The van der Waals surface area contributed by atoms with Crippen molar-refractivity contribution in [1.29, 1.82) is 0 Å². The zero-order chi connectivity index (χ0) is 30.6. The van der Waals surface area contributed by atoms with Crippen LogP contribution in [0.4, 0.5) is 9.18 Å². The summed E-state index contributed by atoms with van der Waals surface area (Å²) >= 11 is 0. The summed E-state index contributed by atoms with van der Waals surface area (Å²) in [5, 5.41) is 0. The van der Waals surface area contributed by atoms with Crippen molar-refractivity contribution < 1.29 is 18.7 Å². The lowest BCUT2D eigenvalue weighted by molar-refractivity contribution is 0.0881. The van der Waals surface area contributed by atoms with E-state index in [1.54, 1.807) is 32.5 Å². The van der Waals surface area contributed by atoms with E-state index in [0.29, 0.717) is 25.4 Å². The van der Waals surface area contributed by atoms with Gasteiger partial charge in [0.1, 0.15) is 17.3 Å². The molecule has 0 bridgehead atoms. The largest absolute Gasteiger partial charge is 0.497 e. The quantitative estimate of drug-likeness (QED) is 0.278. The van der Waals surface area contributed by atoms with E-state index in [4.69, 9.17) is 14.5 Å². The maximum atomic E-state index is 14.0. The monoisotopic (exact) mass is 596 g/mol. The molecule has 2 amide bonds. The van der Waals surface area contributed by atoms with Crippen LogP contribution in [0.2, 0.25) is 0 Å². The van der Waals surface area contributed by atoms with Gasteiger partial charge in [-0.3, -0.25) is 14.2 Å². The summed E-state index contributed by atoms with van der Waals surface area (Å²) in [5.74, 6) is 1.92. The molecule has 228 valence electrons. The number of benzene rings is 2. The van der Waals surface area contributed by atoms with Gasteiger partial charge < -0.3 is 14.4 Å². The number of imidazole rings is 1. The molecule has 5 heterocycles. The number of carbonyl (C=O) groups is 1. The highest BCUT2D eigenvalue weighted by atomic mass is 19.1. The van der Waals surface area contributed by atoms with Gasteiger partial charge >= 0.3 is 6.03 Å². The smallest absolute Gasteiger partial charge is 0.325 e. The lowest BCUT2D eigenvalue weighted by Gasteiger charge is -2.44. The van der Waals surface area contributed by atoms with Crippen LogP contribution in [0.1, 0.15) is 49.4 Å². The minimum Gasteiger partial charge on any atom is -0.497 e. The predicted octanol–water partition coefficient (Wildman–Crippen LogP) is 5.85. The number of hydrogen-bond acceptors (Lipinski definition) is 6. The molecule has 2 fully saturated rings. The van der Waals surface area contributed by atoms with Crippen LogP contribution in [0.3, 0.4) is 0 Å². The minimum absolute atomic E-state index is 0.0560. The topological polar surface area (TPSA) is 75.4 Å². The maximum Gasteiger partial charge on any atom is 0.325 e. The SMILES string of the molecule is CCN1C(=O)N2Cc3cc(OC)cc(OC)c3[C@@H](C)C=C2C12CCN(Cc1c(-c3ccc(F)cc3)nc3ncccn13)CC2. The molecule has 4 aromatic rings. The van der Waals surface area contributed by atoms with E-state index >= 15 is 0 Å². The van der Waals surface area contributed by atoms with Crippen molar-refractivity contribution in [2.45, 2.75) is 51.2 Å². The van der Waals surface area contributed by atoms with Gasteiger partial charge in [0.25, 0.3) is 0 Å². The third-order valence-corrected chi connectivity index (χ3v) is 9.59. The summed E-state index contributed by atoms with van der Waals surface area (Å²) in [6, 6.07) is 12.4. The Hall–Kier alpha value is -4.44. The number of hydrogen-bond donors (Lipinski definition) is 0. The number of amides is 2. The normalized spacial score (nSPS) is 19.6. The molecule has 0 saturated carbocycles. The number of fused-ring (bicyclic) bond motifs is 4. The van der Waals surface area contributed by atoms with Crippen LogP contribution in [-0.4, -0.2) is 74.5 Å². The molecule has 2 saturated heterocycles. The molecule has 1 atom stereocenters. The van der Waals surface area contributed by atoms with Crippen molar-refractivity contribution >= 4 is 11.8 Å². The Morgan fingerprint density at radius 1 is 1.09 bits per heavy atom. The molecule has 2 aromatic heterocycles. The number of urea groups is 1. The van der Waals surface area contributed by atoms with E-state index in [1.807, 2.05) is 33.7 Å². The Morgan fingerprint density at radius 2 is 1.86 bits per heavy atom. The van der Waals surface area contributed by atoms with Gasteiger partial charge in [-0.25, -0.2) is 19.2 Å². The summed E-state index contributed by atoms with van der Waals surface area (Å²) in [6.45, 7) is 7.66. The highest BCUT2D eigenvalue weighted by Gasteiger charge is 2.54. The average molecular weight is 597 g/mol. The zero-order valence-corrected chi connectivity index (χ0v) is 25.6. The summed E-state index contributed by atoms with van der Waals surface area (Å²) in [4.78, 5) is 29.8. The highest BCUT2D eigenvalue weighted by molar-refractivity contribution is 5.83. The third-order valence-electron chi connectivity index (χ3n) is 9.59. The number of halogens is 1. The fourth-order valence-corrected chi connectivity index (χ4v) is 7.48. The van der Waals surface area contributed by atoms with Gasteiger partial charge in [-0.2, -0.15) is 0 Å². The minimum atomic E-state index is -0.378. The third kappa shape index (κ3) is 4.42. The molecule has 0 aliphatic carbocycles. The predicted molar refractivity (Wildman–Crippen MR) is 165 cm³/mol.